The fraction of sp³-hybridized carbons (Fsp3) is 0.486. The van der Waals surface area contributed by atoms with Crippen LogP contribution in [0.4, 0.5) is 17.3 Å². The molecule has 10 nitrogen and oxygen atoms in total. The minimum atomic E-state index is -0.653. The van der Waals surface area contributed by atoms with E-state index in [4.69, 9.17) is 15.5 Å². The Kier molecular flexibility index (Phi) is 8.31. The molecule has 0 radical (unpaired) electrons. The Morgan fingerprint density at radius 2 is 1.71 bits per heavy atom. The normalized spacial score (nSPS) is 25.0. The van der Waals surface area contributed by atoms with Crippen molar-refractivity contribution in [2.24, 2.45) is 5.73 Å². The van der Waals surface area contributed by atoms with Gasteiger partial charge in [-0.2, -0.15) is 0 Å². The number of fused-ring (bicyclic) bond motifs is 1. The molecule has 4 fully saturated rings. The molecule has 4 N–H and O–H groups in total. The van der Waals surface area contributed by atoms with Crippen molar-refractivity contribution in [1.29, 1.82) is 0 Å². The first-order valence-corrected chi connectivity index (χ1v) is 16.5. The minimum Gasteiger partial charge on any atom is -0.490 e. The number of carbonyl (C=O) groups is 2. The van der Waals surface area contributed by atoms with Crippen LogP contribution in [-0.4, -0.2) is 70.5 Å². The number of nitrogens with one attached hydrogen (secondary N) is 2. The number of primary amides is 1. The van der Waals surface area contributed by atoms with Crippen LogP contribution in [0.2, 0.25) is 0 Å². The van der Waals surface area contributed by atoms with Gasteiger partial charge in [0.25, 0.3) is 11.8 Å². The summed E-state index contributed by atoms with van der Waals surface area (Å²) >= 11 is 0. The van der Waals surface area contributed by atoms with Gasteiger partial charge in [0.2, 0.25) is 0 Å². The topological polar surface area (TPSA) is 126 Å². The molecule has 4 atom stereocenters. The number of amides is 2. The maximum Gasteiger partial charge on any atom is 0.271 e. The first-order chi connectivity index (χ1) is 21.9. The molecule has 2 aromatic carbocycles. The Morgan fingerprint density at radius 3 is 2.47 bits per heavy atom. The van der Waals surface area contributed by atoms with Gasteiger partial charge in [-0.05, 0) is 113 Å². The van der Waals surface area contributed by atoms with Crippen molar-refractivity contribution in [3.63, 3.8) is 0 Å². The lowest BCUT2D eigenvalue weighted by atomic mass is 9.97. The number of hydrogen-bond donors (Lipinski definition) is 3. The summed E-state index contributed by atoms with van der Waals surface area (Å²) in [6.45, 7) is 5.18. The van der Waals surface area contributed by atoms with Crippen LogP contribution in [0.15, 0.2) is 54.7 Å². The molecule has 10 heteroatoms. The molecule has 45 heavy (non-hydrogen) atoms. The molecular weight excluding hydrogens is 566 g/mol. The van der Waals surface area contributed by atoms with Gasteiger partial charge in [0.15, 0.2) is 11.5 Å². The summed E-state index contributed by atoms with van der Waals surface area (Å²) in [7, 11) is 0. The number of carbonyl (C=O) groups excluding carboxylic acids is 2. The molecule has 3 aliphatic heterocycles. The van der Waals surface area contributed by atoms with Gasteiger partial charge >= 0.3 is 0 Å². The van der Waals surface area contributed by atoms with E-state index in [0.29, 0.717) is 29.2 Å². The molecule has 4 heterocycles. The molecule has 1 saturated carbocycles. The van der Waals surface area contributed by atoms with Crippen molar-refractivity contribution in [3.8, 4) is 5.75 Å². The number of nitrogens with two attached hydrogens (primary N) is 1. The molecule has 236 valence electrons. The summed E-state index contributed by atoms with van der Waals surface area (Å²) in [4.78, 5) is 39.4. The minimum absolute atomic E-state index is 0.0254. The molecule has 1 aromatic heterocycles. The zero-order chi connectivity index (χ0) is 30.9. The van der Waals surface area contributed by atoms with Crippen molar-refractivity contribution in [1.82, 2.24) is 20.2 Å². The number of benzene rings is 2. The highest BCUT2D eigenvalue weighted by molar-refractivity contribution is 5.96. The second-order valence-corrected chi connectivity index (χ2v) is 13.1. The number of nitrogens with zero attached hydrogens (tertiary/aromatic N) is 4. The van der Waals surface area contributed by atoms with Crippen molar-refractivity contribution in [2.75, 3.05) is 29.9 Å². The van der Waals surface area contributed by atoms with Crippen molar-refractivity contribution < 1.29 is 14.3 Å². The Labute approximate surface area is 264 Å². The first-order valence-electron chi connectivity index (χ1n) is 16.5. The maximum atomic E-state index is 13.1. The van der Waals surface area contributed by atoms with E-state index in [0.717, 1.165) is 50.2 Å². The van der Waals surface area contributed by atoms with E-state index in [2.05, 4.69) is 44.5 Å². The van der Waals surface area contributed by atoms with Crippen LogP contribution < -0.4 is 26.0 Å². The number of anilines is 3. The lowest BCUT2D eigenvalue weighted by molar-refractivity contribution is 0.0787. The molecule has 3 saturated heterocycles. The Bertz CT molecular complexity index is 1530. The van der Waals surface area contributed by atoms with Crippen molar-refractivity contribution in [2.45, 2.75) is 88.4 Å². The third-order valence-electron chi connectivity index (χ3n) is 10.0. The van der Waals surface area contributed by atoms with Crippen LogP contribution >= 0.6 is 0 Å². The zero-order valence-corrected chi connectivity index (χ0v) is 26.0. The highest BCUT2D eigenvalue weighted by atomic mass is 16.5. The van der Waals surface area contributed by atoms with Gasteiger partial charge in [0.1, 0.15) is 17.7 Å². The molecular formula is C35H43N7O3. The summed E-state index contributed by atoms with van der Waals surface area (Å²) in [5, 5.41) is 6.50. The van der Waals surface area contributed by atoms with Crippen molar-refractivity contribution >= 4 is 29.1 Å². The first kappa shape index (κ1) is 29.5. The highest BCUT2D eigenvalue weighted by Crippen LogP contribution is 2.40. The van der Waals surface area contributed by atoms with Gasteiger partial charge in [-0.1, -0.05) is 12.1 Å². The molecule has 4 aliphatic rings. The quantitative estimate of drug-likeness (QED) is 0.310. The fourth-order valence-electron chi connectivity index (χ4n) is 7.26. The van der Waals surface area contributed by atoms with E-state index in [1.807, 2.05) is 36.4 Å². The number of rotatable bonds is 9. The van der Waals surface area contributed by atoms with E-state index < -0.39 is 5.91 Å². The molecule has 0 bridgehead atoms. The van der Waals surface area contributed by atoms with Gasteiger partial charge in [-0.3, -0.25) is 9.59 Å². The van der Waals surface area contributed by atoms with Crippen LogP contribution in [0.3, 0.4) is 0 Å². The third-order valence-corrected chi connectivity index (χ3v) is 10.0. The van der Waals surface area contributed by atoms with Crippen LogP contribution in [0.1, 0.15) is 90.6 Å². The van der Waals surface area contributed by atoms with Crippen LogP contribution in [-0.2, 0) is 0 Å². The lowest BCUT2D eigenvalue weighted by Gasteiger charge is -2.40. The average Bonchev–Trinajstić information content (AvgIpc) is 3.80. The summed E-state index contributed by atoms with van der Waals surface area (Å²) in [6, 6.07) is 16.3. The SMILES string of the molecule is C[C@@H]1[C@H](NC(=O)c2ccc(C3CC3)cc2)CCCN1c1cnc(C(N)=O)c(Nc2ccc(OC3CCN4CCCC4C3)cc2)n1. The second-order valence-electron chi connectivity index (χ2n) is 13.1. The van der Waals surface area contributed by atoms with E-state index in [-0.39, 0.29) is 29.8 Å². The van der Waals surface area contributed by atoms with Gasteiger partial charge in [-0.25, -0.2) is 9.97 Å². The Balaban J connectivity index is 1.01. The summed E-state index contributed by atoms with van der Waals surface area (Å²) in [5.41, 5.74) is 8.51. The van der Waals surface area contributed by atoms with Gasteiger partial charge in [0, 0.05) is 42.5 Å². The number of hydrogen-bond acceptors (Lipinski definition) is 8. The highest BCUT2D eigenvalue weighted by Gasteiger charge is 2.33. The van der Waals surface area contributed by atoms with Crippen LogP contribution in [0.25, 0.3) is 0 Å². The van der Waals surface area contributed by atoms with Gasteiger partial charge in [0.05, 0.1) is 6.20 Å². The van der Waals surface area contributed by atoms with Gasteiger partial charge < -0.3 is 30.9 Å². The molecule has 1 aliphatic carbocycles. The molecule has 0 spiro atoms. The number of ether oxygens (including phenoxy) is 1. The monoisotopic (exact) mass is 609 g/mol. The smallest absolute Gasteiger partial charge is 0.271 e. The number of piperidine rings is 2. The number of aromatic nitrogens is 2. The van der Waals surface area contributed by atoms with Crippen LogP contribution in [0, 0.1) is 0 Å². The van der Waals surface area contributed by atoms with E-state index in [1.54, 1.807) is 6.20 Å². The average molecular weight is 610 g/mol. The summed E-state index contributed by atoms with van der Waals surface area (Å²) in [6.07, 6.45) is 10.8. The molecule has 2 unspecified atom stereocenters. The van der Waals surface area contributed by atoms with Crippen molar-refractivity contribution in [3.05, 3.63) is 71.5 Å². The van der Waals surface area contributed by atoms with E-state index in [9.17, 15) is 9.59 Å². The lowest BCUT2D eigenvalue weighted by Crippen LogP contribution is -2.54. The van der Waals surface area contributed by atoms with E-state index >= 15 is 0 Å². The predicted octanol–water partition coefficient (Wildman–Crippen LogP) is 4.99. The molecule has 2 amide bonds. The summed E-state index contributed by atoms with van der Waals surface area (Å²) in [5.74, 6) is 1.70. The largest absolute Gasteiger partial charge is 0.490 e. The molecule has 3 aromatic rings. The standard InChI is InChI=1S/C35H43N7O3/c1-22-30(39-35(44)25-10-8-24(9-11-25)23-6-7-23)5-3-18-42(22)31-21-37-32(33(36)43)34(40-31)38-26-12-14-28(15-13-26)45-29-16-19-41-17-2-4-27(41)20-29/h8-15,21-23,27,29-30H,2-7,16-20H2,1H3,(H2,36,43)(H,38,40)(H,39,44)/t22-,27?,29?,30-/m1/s1. The third kappa shape index (κ3) is 6.61. The van der Waals surface area contributed by atoms with E-state index in [1.165, 1.54) is 37.8 Å². The Morgan fingerprint density at radius 1 is 0.933 bits per heavy atom. The van der Waals surface area contributed by atoms with Gasteiger partial charge in [-0.15, -0.1) is 0 Å². The van der Waals surface area contributed by atoms with Crippen LogP contribution in [0.5, 0.6) is 5.75 Å². The predicted molar refractivity (Wildman–Crippen MR) is 174 cm³/mol. The summed E-state index contributed by atoms with van der Waals surface area (Å²) < 4.78 is 6.33. The molecule has 7 rings (SSSR count). The fourth-order valence-corrected chi connectivity index (χ4v) is 7.26. The zero-order valence-electron chi connectivity index (χ0n) is 26.0. The maximum absolute atomic E-state index is 13.1. The second kappa shape index (κ2) is 12.7. The Hall–Kier alpha value is -4.18.